The maximum absolute atomic E-state index is 14.1. The molecular formula is C40H35NO4. The molecule has 0 radical (unpaired) electrons. The Bertz CT molecular complexity index is 1930. The summed E-state index contributed by atoms with van der Waals surface area (Å²) in [6, 6.07) is 35.2. The first-order chi connectivity index (χ1) is 21.8. The van der Waals surface area contributed by atoms with E-state index >= 15 is 0 Å². The van der Waals surface area contributed by atoms with Crippen LogP contribution in [0.15, 0.2) is 109 Å². The van der Waals surface area contributed by atoms with E-state index < -0.39 is 11.8 Å². The molecule has 0 saturated carbocycles. The van der Waals surface area contributed by atoms with Crippen LogP contribution in [0.1, 0.15) is 76.6 Å². The number of fused-ring (bicyclic) bond motifs is 2. The van der Waals surface area contributed by atoms with Gasteiger partial charge in [0.25, 0.3) is 5.91 Å². The van der Waals surface area contributed by atoms with Crippen LogP contribution in [0.3, 0.4) is 0 Å². The van der Waals surface area contributed by atoms with Gasteiger partial charge in [0.1, 0.15) is 11.3 Å². The van der Waals surface area contributed by atoms with Crippen molar-refractivity contribution in [3.63, 3.8) is 0 Å². The van der Waals surface area contributed by atoms with Gasteiger partial charge in [-0.3, -0.25) is 4.79 Å². The molecule has 0 unspecified atom stereocenters. The fourth-order valence-corrected chi connectivity index (χ4v) is 5.41. The zero-order valence-corrected chi connectivity index (χ0v) is 25.8. The Balaban J connectivity index is 1.28. The van der Waals surface area contributed by atoms with E-state index in [0.29, 0.717) is 23.5 Å². The number of unbranched alkanes of at least 4 members (excludes halogenated alkanes) is 1. The summed E-state index contributed by atoms with van der Waals surface area (Å²) in [5.74, 6) is 5.20. The molecule has 1 heterocycles. The molecule has 224 valence electrons. The number of aryl methyl sites for hydroxylation is 1. The van der Waals surface area contributed by atoms with Crippen LogP contribution in [-0.4, -0.2) is 17.7 Å². The average molecular weight is 594 g/mol. The summed E-state index contributed by atoms with van der Waals surface area (Å²) in [5.41, 5.74) is 5.52. The van der Waals surface area contributed by atoms with Crippen LogP contribution < -0.4 is 9.64 Å². The van der Waals surface area contributed by atoms with Gasteiger partial charge in [-0.25, -0.2) is 4.79 Å². The number of nitrogens with zero attached hydrogens (tertiary/aromatic N) is 1. The molecule has 5 nitrogen and oxygen atoms in total. The van der Waals surface area contributed by atoms with Gasteiger partial charge in [-0.15, -0.1) is 0 Å². The van der Waals surface area contributed by atoms with Crippen molar-refractivity contribution in [2.45, 2.75) is 52.4 Å². The first-order valence-electron chi connectivity index (χ1n) is 15.3. The number of carbonyl (C=O) groups excluding carboxylic acids is 2. The van der Waals surface area contributed by atoms with Crippen molar-refractivity contribution in [1.82, 2.24) is 0 Å². The van der Waals surface area contributed by atoms with Gasteiger partial charge in [-0.2, -0.15) is 0 Å². The number of rotatable bonds is 7. The van der Waals surface area contributed by atoms with E-state index in [-0.39, 0.29) is 11.5 Å². The number of ether oxygens (including phenoxy) is 2. The van der Waals surface area contributed by atoms with E-state index in [9.17, 15) is 9.59 Å². The Hall–Kier alpha value is -5.34. The summed E-state index contributed by atoms with van der Waals surface area (Å²) in [6.45, 7) is 5.87. The van der Waals surface area contributed by atoms with E-state index in [4.69, 9.17) is 9.47 Å². The minimum absolute atomic E-state index is 0.183. The molecule has 1 aliphatic rings. The van der Waals surface area contributed by atoms with Crippen molar-refractivity contribution in [2.24, 2.45) is 0 Å². The summed E-state index contributed by atoms with van der Waals surface area (Å²) in [4.78, 5) is 28.7. The monoisotopic (exact) mass is 593 g/mol. The van der Waals surface area contributed by atoms with Crippen LogP contribution in [0, 0.1) is 11.8 Å². The molecule has 6 rings (SSSR count). The van der Waals surface area contributed by atoms with E-state index in [0.717, 1.165) is 33.9 Å². The normalized spacial score (nSPS) is 13.2. The molecule has 0 fully saturated rings. The summed E-state index contributed by atoms with van der Waals surface area (Å²) in [7, 11) is 0. The third-order valence-corrected chi connectivity index (χ3v) is 7.85. The molecule has 5 aromatic rings. The van der Waals surface area contributed by atoms with Gasteiger partial charge >= 0.3 is 5.97 Å². The lowest BCUT2D eigenvalue weighted by Crippen LogP contribution is -2.39. The van der Waals surface area contributed by atoms with Crippen LogP contribution in [-0.2, 0) is 17.7 Å². The lowest BCUT2D eigenvalue weighted by Gasteiger charge is -2.32. The molecule has 0 saturated heterocycles. The predicted molar refractivity (Wildman–Crippen MR) is 179 cm³/mol. The van der Waals surface area contributed by atoms with E-state index in [1.165, 1.54) is 18.4 Å². The number of hydrogen-bond acceptors (Lipinski definition) is 4. The van der Waals surface area contributed by atoms with Crippen LogP contribution in [0.5, 0.6) is 5.75 Å². The molecule has 45 heavy (non-hydrogen) atoms. The van der Waals surface area contributed by atoms with Crippen molar-refractivity contribution in [1.29, 1.82) is 0 Å². The van der Waals surface area contributed by atoms with Gasteiger partial charge in [0.15, 0.2) is 0 Å². The third kappa shape index (κ3) is 6.92. The highest BCUT2D eigenvalue weighted by molar-refractivity contribution is 6.08. The van der Waals surface area contributed by atoms with Crippen molar-refractivity contribution in [3.05, 3.63) is 143 Å². The largest absolute Gasteiger partial charge is 0.452 e. The molecule has 1 aliphatic heterocycles. The minimum atomic E-state index is -1.06. The molecule has 0 bridgehead atoms. The van der Waals surface area contributed by atoms with Gasteiger partial charge < -0.3 is 14.4 Å². The molecule has 0 aliphatic carbocycles. The maximum atomic E-state index is 14.1. The second-order valence-electron chi connectivity index (χ2n) is 11.8. The molecule has 5 heteroatoms. The zero-order chi connectivity index (χ0) is 31.4. The minimum Gasteiger partial charge on any atom is -0.452 e. The first kappa shape index (κ1) is 29.7. The Labute approximate surface area is 264 Å². The quantitative estimate of drug-likeness (QED) is 0.140. The summed E-state index contributed by atoms with van der Waals surface area (Å²) < 4.78 is 11.3. The van der Waals surface area contributed by atoms with E-state index in [2.05, 4.69) is 43.0 Å². The molecule has 5 aromatic carbocycles. The van der Waals surface area contributed by atoms with Gasteiger partial charge in [0, 0.05) is 36.2 Å². The number of amides is 1. The van der Waals surface area contributed by atoms with Crippen LogP contribution in [0.2, 0.25) is 0 Å². The van der Waals surface area contributed by atoms with Gasteiger partial charge in [0.2, 0.25) is 5.79 Å². The maximum Gasteiger partial charge on any atom is 0.345 e. The van der Waals surface area contributed by atoms with Gasteiger partial charge in [-0.1, -0.05) is 79.8 Å². The highest BCUT2D eigenvalue weighted by Crippen LogP contribution is 2.35. The number of anilines is 1. The summed E-state index contributed by atoms with van der Waals surface area (Å²) >= 11 is 0. The standard InChI is InChI=1S/C40H35NO4/c1-4-5-8-28-11-13-29(14-12-28)15-16-30-17-19-31(20-18-30)27-41(38(42)34-22-21-32-9-6-7-10-33(32)25-34)35-23-24-37-36(26-35)39(43)45-40(2,3)44-37/h6-7,9-14,17-26H,4-5,8,27H2,1-3H3. The van der Waals surface area contributed by atoms with Crippen molar-refractivity contribution in [3.8, 4) is 17.6 Å². The van der Waals surface area contributed by atoms with Crippen molar-refractivity contribution in [2.75, 3.05) is 4.90 Å². The molecule has 0 spiro atoms. The molecule has 1 amide bonds. The van der Waals surface area contributed by atoms with Gasteiger partial charge in [0.05, 0.1) is 6.54 Å². The number of cyclic esters (lactones) is 1. The smallest absolute Gasteiger partial charge is 0.345 e. The lowest BCUT2D eigenvalue weighted by molar-refractivity contribution is -0.127. The van der Waals surface area contributed by atoms with Crippen LogP contribution in [0.4, 0.5) is 5.69 Å². The number of benzene rings is 5. The number of carbonyl (C=O) groups is 2. The topological polar surface area (TPSA) is 55.8 Å². The highest BCUT2D eigenvalue weighted by atomic mass is 16.7. The van der Waals surface area contributed by atoms with Gasteiger partial charge in [-0.05, 0) is 89.3 Å². The van der Waals surface area contributed by atoms with Crippen LogP contribution in [0.25, 0.3) is 10.8 Å². The molecule has 0 N–H and O–H groups in total. The fraction of sp³-hybridized carbons (Fsp3) is 0.200. The number of esters is 1. The van der Waals surface area contributed by atoms with Crippen molar-refractivity contribution < 1.29 is 19.1 Å². The highest BCUT2D eigenvalue weighted by Gasteiger charge is 2.34. The third-order valence-electron chi connectivity index (χ3n) is 7.85. The Morgan fingerprint density at radius 3 is 2.11 bits per heavy atom. The van der Waals surface area contributed by atoms with E-state index in [1.54, 1.807) is 36.9 Å². The zero-order valence-electron chi connectivity index (χ0n) is 25.8. The molecule has 0 atom stereocenters. The Morgan fingerprint density at radius 1 is 0.756 bits per heavy atom. The Kier molecular flexibility index (Phi) is 8.40. The number of hydrogen-bond donors (Lipinski definition) is 0. The van der Waals surface area contributed by atoms with E-state index in [1.807, 2.05) is 66.7 Å². The first-order valence-corrected chi connectivity index (χ1v) is 15.3. The van der Waals surface area contributed by atoms with Crippen molar-refractivity contribution >= 4 is 28.3 Å². The SMILES string of the molecule is CCCCc1ccc(C#Cc2ccc(CN(C(=O)c3ccc4ccccc4c3)c3ccc4c(c3)C(=O)OC(C)(C)O4)cc2)cc1. The predicted octanol–water partition coefficient (Wildman–Crippen LogP) is 8.71. The molecular weight excluding hydrogens is 558 g/mol. The Morgan fingerprint density at radius 2 is 1.42 bits per heavy atom. The lowest BCUT2D eigenvalue weighted by atomic mass is 10.0. The summed E-state index contributed by atoms with van der Waals surface area (Å²) in [6.07, 6.45) is 3.46. The summed E-state index contributed by atoms with van der Waals surface area (Å²) in [5, 5.41) is 2.03. The fourth-order valence-electron chi connectivity index (χ4n) is 5.41. The van der Waals surface area contributed by atoms with Crippen LogP contribution >= 0.6 is 0 Å². The second-order valence-corrected chi connectivity index (χ2v) is 11.8. The average Bonchev–Trinajstić information content (AvgIpc) is 3.05. The second kappa shape index (κ2) is 12.7. The molecule has 0 aromatic heterocycles.